The molecule has 1 saturated heterocycles. The number of aromatic hydroxyl groups is 1. The summed E-state index contributed by atoms with van der Waals surface area (Å²) in [7, 11) is 0. The van der Waals surface area contributed by atoms with Crippen LogP contribution in [0, 0.1) is 0 Å². The van der Waals surface area contributed by atoms with Crippen molar-refractivity contribution in [3.8, 4) is 5.75 Å². The fourth-order valence-electron chi connectivity index (χ4n) is 3.72. The highest BCUT2D eigenvalue weighted by Gasteiger charge is 2.39. The number of phenolic OH excluding ortho intramolecular Hbond substituents is 1. The number of aliphatic hydroxyl groups is 1. The maximum atomic E-state index is 12.9. The number of nitrogens with zero attached hydrogens (tertiary/aromatic N) is 1. The number of carboxylic acid groups (broad SMARTS) is 1. The molecule has 1 heterocycles. The molecule has 5 unspecified atom stereocenters. The highest BCUT2D eigenvalue weighted by atomic mass is 16.4. The van der Waals surface area contributed by atoms with Gasteiger partial charge in [0.25, 0.3) is 0 Å². The predicted octanol–water partition coefficient (Wildman–Crippen LogP) is -2.44. The molecule has 0 radical (unpaired) electrons. The number of phenols is 1. The van der Waals surface area contributed by atoms with E-state index in [1.54, 1.807) is 0 Å². The van der Waals surface area contributed by atoms with E-state index in [0.29, 0.717) is 12.0 Å². The number of nitrogens with one attached hydrogen (secondary N) is 2. The van der Waals surface area contributed by atoms with E-state index in [0.717, 1.165) is 0 Å². The van der Waals surface area contributed by atoms with Crippen molar-refractivity contribution in [2.75, 3.05) is 6.54 Å². The van der Waals surface area contributed by atoms with E-state index in [1.165, 1.54) is 36.1 Å². The molecule has 2 rings (SSSR count). The standard InChI is InChI=1S/C22H31N5O8/c1-11(28)18(24)21(33)27-8-2-3-16(27)20(32)25-14(10-17(23)30)19(31)26-15(22(34)35)9-12-4-6-13(29)7-5-12/h4-7,11,14-16,18,28-29H,2-3,8-10,24H2,1H3,(H2,23,30)(H,25,32)(H,26,31)(H,34,35). The molecule has 1 aromatic rings. The Morgan fingerprint density at radius 2 is 1.74 bits per heavy atom. The molecule has 9 N–H and O–H groups in total. The van der Waals surface area contributed by atoms with E-state index in [4.69, 9.17) is 11.5 Å². The van der Waals surface area contributed by atoms with Gasteiger partial charge < -0.3 is 42.3 Å². The maximum Gasteiger partial charge on any atom is 0.326 e. The Bertz CT molecular complexity index is 952. The summed E-state index contributed by atoms with van der Waals surface area (Å²) in [6.45, 7) is 1.57. The number of hydrogen-bond acceptors (Lipinski definition) is 8. The van der Waals surface area contributed by atoms with Gasteiger partial charge in [-0.3, -0.25) is 19.2 Å². The molecular formula is C22H31N5O8. The third-order valence-electron chi connectivity index (χ3n) is 5.67. The van der Waals surface area contributed by atoms with Crippen LogP contribution in [0.1, 0.15) is 31.7 Å². The van der Waals surface area contributed by atoms with Gasteiger partial charge in [0.15, 0.2) is 0 Å². The third-order valence-corrected chi connectivity index (χ3v) is 5.67. The normalized spacial score (nSPS) is 18.7. The lowest BCUT2D eigenvalue weighted by atomic mass is 10.0. The zero-order valence-electron chi connectivity index (χ0n) is 19.2. The van der Waals surface area contributed by atoms with Gasteiger partial charge in [0.1, 0.15) is 29.9 Å². The fourth-order valence-corrected chi connectivity index (χ4v) is 3.72. The van der Waals surface area contributed by atoms with E-state index >= 15 is 0 Å². The van der Waals surface area contributed by atoms with Crippen LogP contribution in [0.15, 0.2) is 24.3 Å². The van der Waals surface area contributed by atoms with Gasteiger partial charge >= 0.3 is 5.97 Å². The van der Waals surface area contributed by atoms with Crippen molar-refractivity contribution >= 4 is 29.6 Å². The number of primary amides is 1. The Labute approximate surface area is 201 Å². The summed E-state index contributed by atoms with van der Waals surface area (Å²) < 4.78 is 0. The molecule has 0 bridgehead atoms. The molecular weight excluding hydrogens is 462 g/mol. The topological polar surface area (TPSA) is 225 Å². The smallest absolute Gasteiger partial charge is 0.326 e. The number of carbonyl (C=O) groups excluding carboxylic acids is 4. The largest absolute Gasteiger partial charge is 0.508 e. The summed E-state index contributed by atoms with van der Waals surface area (Å²) in [5.74, 6) is -4.59. The average molecular weight is 494 g/mol. The Morgan fingerprint density at radius 3 is 2.29 bits per heavy atom. The second-order valence-corrected chi connectivity index (χ2v) is 8.46. The molecule has 1 aliphatic heterocycles. The highest BCUT2D eigenvalue weighted by Crippen LogP contribution is 2.19. The Balaban J connectivity index is 2.13. The third kappa shape index (κ3) is 7.65. The van der Waals surface area contributed by atoms with E-state index < -0.39 is 66.3 Å². The molecule has 4 amide bonds. The number of benzene rings is 1. The van der Waals surface area contributed by atoms with Gasteiger partial charge in [-0.2, -0.15) is 0 Å². The highest BCUT2D eigenvalue weighted by molar-refractivity contribution is 5.96. The van der Waals surface area contributed by atoms with Crippen molar-refractivity contribution < 1.29 is 39.3 Å². The fraction of sp³-hybridized carbons (Fsp3) is 0.500. The van der Waals surface area contributed by atoms with Gasteiger partial charge in [0.2, 0.25) is 23.6 Å². The molecule has 5 atom stereocenters. The molecule has 1 fully saturated rings. The molecule has 192 valence electrons. The Kier molecular flexibility index (Phi) is 9.54. The Morgan fingerprint density at radius 1 is 1.11 bits per heavy atom. The van der Waals surface area contributed by atoms with Crippen molar-refractivity contribution in [2.45, 2.75) is 62.9 Å². The molecule has 0 saturated carbocycles. The van der Waals surface area contributed by atoms with E-state index in [1.807, 2.05) is 0 Å². The zero-order chi connectivity index (χ0) is 26.3. The van der Waals surface area contributed by atoms with E-state index in [9.17, 15) is 39.3 Å². The summed E-state index contributed by atoms with van der Waals surface area (Å²) in [4.78, 5) is 62.7. The van der Waals surface area contributed by atoms with Gasteiger partial charge in [-0.1, -0.05) is 12.1 Å². The van der Waals surface area contributed by atoms with Crippen LogP contribution in [0.2, 0.25) is 0 Å². The van der Waals surface area contributed by atoms with Crippen molar-refractivity contribution in [1.29, 1.82) is 0 Å². The first-order valence-electron chi connectivity index (χ1n) is 11.0. The monoisotopic (exact) mass is 493 g/mol. The number of aliphatic hydroxyl groups excluding tert-OH is 1. The molecule has 1 aliphatic rings. The lowest BCUT2D eigenvalue weighted by molar-refractivity contribution is -0.143. The van der Waals surface area contributed by atoms with Crippen molar-refractivity contribution in [3.63, 3.8) is 0 Å². The quantitative estimate of drug-likeness (QED) is 0.174. The van der Waals surface area contributed by atoms with Gasteiger partial charge in [-0.05, 0) is 37.5 Å². The Hall–Kier alpha value is -3.71. The summed E-state index contributed by atoms with van der Waals surface area (Å²) >= 11 is 0. The summed E-state index contributed by atoms with van der Waals surface area (Å²) in [6.07, 6.45) is -1.11. The number of carbonyl (C=O) groups is 5. The first-order valence-corrected chi connectivity index (χ1v) is 11.0. The second-order valence-electron chi connectivity index (χ2n) is 8.46. The van der Waals surface area contributed by atoms with Crippen LogP contribution in [-0.4, -0.2) is 86.6 Å². The van der Waals surface area contributed by atoms with Gasteiger partial charge in [0.05, 0.1) is 12.5 Å². The number of amides is 4. The molecule has 0 aliphatic carbocycles. The van der Waals surface area contributed by atoms with Crippen LogP contribution in [0.5, 0.6) is 5.75 Å². The van der Waals surface area contributed by atoms with E-state index in [2.05, 4.69) is 10.6 Å². The zero-order valence-corrected chi connectivity index (χ0v) is 19.2. The summed E-state index contributed by atoms with van der Waals surface area (Å²) in [6, 6.07) is 0.617. The lowest BCUT2D eigenvalue weighted by Gasteiger charge is -2.29. The van der Waals surface area contributed by atoms with Gasteiger partial charge in [0, 0.05) is 13.0 Å². The van der Waals surface area contributed by atoms with Crippen LogP contribution >= 0.6 is 0 Å². The first kappa shape index (κ1) is 27.5. The number of hydrogen-bond donors (Lipinski definition) is 7. The summed E-state index contributed by atoms with van der Waals surface area (Å²) in [5.41, 5.74) is 11.4. The van der Waals surface area contributed by atoms with E-state index in [-0.39, 0.29) is 25.1 Å². The van der Waals surface area contributed by atoms with Gasteiger partial charge in [-0.15, -0.1) is 0 Å². The molecule has 0 aromatic heterocycles. The maximum absolute atomic E-state index is 12.9. The molecule has 0 spiro atoms. The predicted molar refractivity (Wildman–Crippen MR) is 122 cm³/mol. The number of carboxylic acids is 1. The van der Waals surface area contributed by atoms with Crippen molar-refractivity contribution in [3.05, 3.63) is 29.8 Å². The van der Waals surface area contributed by atoms with Crippen LogP contribution in [0.3, 0.4) is 0 Å². The first-order chi connectivity index (χ1) is 16.4. The lowest BCUT2D eigenvalue weighted by Crippen LogP contribution is -2.58. The minimum Gasteiger partial charge on any atom is -0.508 e. The van der Waals surface area contributed by atoms with Crippen LogP contribution in [-0.2, 0) is 30.4 Å². The number of rotatable bonds is 11. The minimum absolute atomic E-state index is 0.0114. The molecule has 35 heavy (non-hydrogen) atoms. The number of aliphatic carboxylic acids is 1. The molecule has 1 aromatic carbocycles. The molecule has 13 heteroatoms. The number of nitrogens with two attached hydrogens (primary N) is 2. The number of likely N-dealkylation sites (tertiary alicyclic amines) is 1. The SMILES string of the molecule is CC(O)C(N)C(=O)N1CCCC1C(=O)NC(CC(N)=O)C(=O)NC(Cc1ccc(O)cc1)C(=O)O. The second kappa shape index (κ2) is 12.1. The summed E-state index contributed by atoms with van der Waals surface area (Å²) in [5, 5.41) is 33.2. The van der Waals surface area contributed by atoms with Gasteiger partial charge in [-0.25, -0.2) is 4.79 Å². The van der Waals surface area contributed by atoms with Crippen LogP contribution < -0.4 is 22.1 Å². The molecule has 13 nitrogen and oxygen atoms in total. The van der Waals surface area contributed by atoms with Crippen LogP contribution in [0.25, 0.3) is 0 Å². The minimum atomic E-state index is -1.48. The van der Waals surface area contributed by atoms with Crippen molar-refractivity contribution in [2.24, 2.45) is 11.5 Å². The van der Waals surface area contributed by atoms with Crippen LogP contribution in [0.4, 0.5) is 0 Å². The van der Waals surface area contributed by atoms with Crippen molar-refractivity contribution in [1.82, 2.24) is 15.5 Å². The average Bonchev–Trinajstić information content (AvgIpc) is 3.28.